The highest BCUT2D eigenvalue weighted by Crippen LogP contribution is 2.24. The Balaban J connectivity index is 1.52. The second kappa shape index (κ2) is 8.23. The molecule has 2 aromatic rings. The van der Waals surface area contributed by atoms with Crippen LogP contribution >= 0.6 is 0 Å². The third-order valence-electron chi connectivity index (χ3n) is 5.01. The number of carbonyl (C=O) groups is 1. The van der Waals surface area contributed by atoms with Crippen LogP contribution in [-0.4, -0.2) is 50.6 Å². The van der Waals surface area contributed by atoms with Crippen molar-refractivity contribution in [3.05, 3.63) is 53.6 Å². The van der Waals surface area contributed by atoms with E-state index in [1.54, 1.807) is 7.11 Å². The molecule has 2 aromatic carbocycles. The Bertz CT molecular complexity index is 768. The molecule has 5 nitrogen and oxygen atoms in total. The van der Waals surface area contributed by atoms with Crippen LogP contribution in [0.1, 0.15) is 11.1 Å². The molecule has 1 N–H and O–H groups in total. The van der Waals surface area contributed by atoms with Gasteiger partial charge in [-0.3, -0.25) is 9.69 Å². The quantitative estimate of drug-likeness (QED) is 0.897. The molecule has 0 spiro atoms. The van der Waals surface area contributed by atoms with E-state index in [-0.39, 0.29) is 5.91 Å². The molecule has 0 aliphatic carbocycles. The molecule has 1 amide bonds. The van der Waals surface area contributed by atoms with Gasteiger partial charge >= 0.3 is 0 Å². The van der Waals surface area contributed by atoms with E-state index >= 15 is 0 Å². The summed E-state index contributed by atoms with van der Waals surface area (Å²) >= 11 is 0. The summed E-state index contributed by atoms with van der Waals surface area (Å²) in [6.07, 6.45) is 0. The summed E-state index contributed by atoms with van der Waals surface area (Å²) in [7, 11) is 1.62. The molecule has 138 valence electrons. The Labute approximate surface area is 155 Å². The molecule has 1 aliphatic rings. The molecular formula is C21H27N3O2. The van der Waals surface area contributed by atoms with E-state index in [1.807, 2.05) is 24.3 Å². The number of nitrogens with one attached hydrogen (secondary N) is 1. The predicted molar refractivity (Wildman–Crippen MR) is 106 cm³/mol. The number of rotatable bonds is 5. The average Bonchev–Trinajstić information content (AvgIpc) is 2.65. The fourth-order valence-electron chi connectivity index (χ4n) is 3.33. The third kappa shape index (κ3) is 4.35. The SMILES string of the molecule is COc1cccc(NC(=O)CN2CCN(c3cccc(C)c3C)CC2)c1. The van der Waals surface area contributed by atoms with Crippen LogP contribution in [-0.2, 0) is 4.79 Å². The molecule has 1 fully saturated rings. The number of carbonyl (C=O) groups excluding carboxylic acids is 1. The molecule has 0 bridgehead atoms. The molecule has 0 aromatic heterocycles. The molecule has 26 heavy (non-hydrogen) atoms. The first-order valence-corrected chi connectivity index (χ1v) is 9.04. The molecule has 0 radical (unpaired) electrons. The lowest BCUT2D eigenvalue weighted by atomic mass is 10.1. The van der Waals surface area contributed by atoms with Gasteiger partial charge in [0.25, 0.3) is 0 Å². The molecule has 5 heteroatoms. The van der Waals surface area contributed by atoms with Gasteiger partial charge in [0.2, 0.25) is 5.91 Å². The molecule has 1 heterocycles. The minimum atomic E-state index is 0.0124. The van der Waals surface area contributed by atoms with Gasteiger partial charge in [-0.05, 0) is 43.2 Å². The summed E-state index contributed by atoms with van der Waals surface area (Å²) in [6.45, 7) is 8.40. The fourth-order valence-corrected chi connectivity index (χ4v) is 3.33. The second-order valence-electron chi connectivity index (χ2n) is 6.76. The zero-order chi connectivity index (χ0) is 18.5. The van der Waals surface area contributed by atoms with Crippen molar-refractivity contribution in [2.45, 2.75) is 13.8 Å². The highest BCUT2D eigenvalue weighted by molar-refractivity contribution is 5.92. The van der Waals surface area contributed by atoms with Crippen LogP contribution in [0.4, 0.5) is 11.4 Å². The van der Waals surface area contributed by atoms with Crippen molar-refractivity contribution in [1.82, 2.24) is 4.90 Å². The number of ether oxygens (including phenoxy) is 1. The Morgan fingerprint density at radius 2 is 1.81 bits per heavy atom. The second-order valence-corrected chi connectivity index (χ2v) is 6.76. The zero-order valence-corrected chi connectivity index (χ0v) is 15.8. The first kappa shape index (κ1) is 18.3. The predicted octanol–water partition coefficient (Wildman–Crippen LogP) is 3.07. The van der Waals surface area contributed by atoms with E-state index in [0.29, 0.717) is 6.54 Å². The highest BCUT2D eigenvalue weighted by Gasteiger charge is 2.20. The topological polar surface area (TPSA) is 44.8 Å². The monoisotopic (exact) mass is 353 g/mol. The number of nitrogens with zero attached hydrogens (tertiary/aromatic N) is 2. The Hall–Kier alpha value is -2.53. The number of piperazine rings is 1. The molecule has 1 aliphatic heterocycles. The van der Waals surface area contributed by atoms with E-state index in [4.69, 9.17) is 4.74 Å². The van der Waals surface area contributed by atoms with Crippen LogP contribution in [0.25, 0.3) is 0 Å². The van der Waals surface area contributed by atoms with Crippen molar-refractivity contribution in [1.29, 1.82) is 0 Å². The Morgan fingerprint density at radius 3 is 2.54 bits per heavy atom. The van der Waals surface area contributed by atoms with Crippen LogP contribution in [0.15, 0.2) is 42.5 Å². The summed E-state index contributed by atoms with van der Waals surface area (Å²) in [5, 5.41) is 2.95. The number of aryl methyl sites for hydroxylation is 1. The van der Waals surface area contributed by atoms with Crippen molar-refractivity contribution in [2.75, 3.05) is 50.1 Å². The maximum Gasteiger partial charge on any atom is 0.238 e. The van der Waals surface area contributed by atoms with E-state index in [9.17, 15) is 4.79 Å². The number of hydrogen-bond acceptors (Lipinski definition) is 4. The largest absolute Gasteiger partial charge is 0.497 e. The molecule has 3 rings (SSSR count). The summed E-state index contributed by atoms with van der Waals surface area (Å²) in [4.78, 5) is 16.9. The summed E-state index contributed by atoms with van der Waals surface area (Å²) in [6, 6.07) is 13.9. The highest BCUT2D eigenvalue weighted by atomic mass is 16.5. The van der Waals surface area contributed by atoms with Crippen LogP contribution < -0.4 is 15.0 Å². The van der Waals surface area contributed by atoms with Crippen molar-refractivity contribution >= 4 is 17.3 Å². The number of benzene rings is 2. The number of anilines is 2. The van der Waals surface area contributed by atoms with Gasteiger partial charge < -0.3 is 15.0 Å². The maximum atomic E-state index is 12.3. The third-order valence-corrected chi connectivity index (χ3v) is 5.01. The Kier molecular flexibility index (Phi) is 5.78. The summed E-state index contributed by atoms with van der Waals surface area (Å²) in [5.41, 5.74) is 4.74. The van der Waals surface area contributed by atoms with Crippen molar-refractivity contribution < 1.29 is 9.53 Å². The minimum absolute atomic E-state index is 0.0124. The van der Waals surface area contributed by atoms with E-state index < -0.39 is 0 Å². The van der Waals surface area contributed by atoms with E-state index in [0.717, 1.165) is 37.6 Å². The lowest BCUT2D eigenvalue weighted by molar-refractivity contribution is -0.117. The van der Waals surface area contributed by atoms with Gasteiger partial charge in [0.05, 0.1) is 13.7 Å². The number of methoxy groups -OCH3 is 1. The van der Waals surface area contributed by atoms with Gasteiger partial charge in [-0.25, -0.2) is 0 Å². The van der Waals surface area contributed by atoms with E-state index in [2.05, 4.69) is 47.2 Å². The standard InChI is InChI=1S/C21H27N3O2/c1-16-6-4-9-20(17(16)2)24-12-10-23(11-13-24)15-21(25)22-18-7-5-8-19(14-18)26-3/h4-9,14H,10-13,15H2,1-3H3,(H,22,25). The number of amides is 1. The minimum Gasteiger partial charge on any atom is -0.497 e. The first-order chi connectivity index (χ1) is 12.6. The van der Waals surface area contributed by atoms with Gasteiger partial charge in [0, 0.05) is 43.6 Å². The number of hydrogen-bond donors (Lipinski definition) is 1. The van der Waals surface area contributed by atoms with E-state index in [1.165, 1.54) is 16.8 Å². The molecular weight excluding hydrogens is 326 g/mol. The van der Waals surface area contributed by atoms with Crippen LogP contribution in [0, 0.1) is 13.8 Å². The van der Waals surface area contributed by atoms with Gasteiger partial charge in [-0.2, -0.15) is 0 Å². The van der Waals surface area contributed by atoms with Gasteiger partial charge in [0.1, 0.15) is 5.75 Å². The lowest BCUT2D eigenvalue weighted by Crippen LogP contribution is -2.48. The van der Waals surface area contributed by atoms with Gasteiger partial charge in [-0.15, -0.1) is 0 Å². The van der Waals surface area contributed by atoms with Gasteiger partial charge in [0.15, 0.2) is 0 Å². The first-order valence-electron chi connectivity index (χ1n) is 9.04. The Morgan fingerprint density at radius 1 is 1.08 bits per heavy atom. The van der Waals surface area contributed by atoms with Crippen LogP contribution in [0.5, 0.6) is 5.75 Å². The fraction of sp³-hybridized carbons (Fsp3) is 0.381. The van der Waals surface area contributed by atoms with Gasteiger partial charge in [-0.1, -0.05) is 18.2 Å². The van der Waals surface area contributed by atoms with Crippen molar-refractivity contribution in [3.8, 4) is 5.75 Å². The summed E-state index contributed by atoms with van der Waals surface area (Å²) < 4.78 is 5.19. The normalized spacial score (nSPS) is 15.0. The molecule has 0 saturated carbocycles. The summed E-state index contributed by atoms with van der Waals surface area (Å²) in [5.74, 6) is 0.753. The maximum absolute atomic E-state index is 12.3. The average molecular weight is 353 g/mol. The van der Waals surface area contributed by atoms with Crippen molar-refractivity contribution in [3.63, 3.8) is 0 Å². The zero-order valence-electron chi connectivity index (χ0n) is 15.8. The lowest BCUT2D eigenvalue weighted by Gasteiger charge is -2.36. The molecule has 1 saturated heterocycles. The van der Waals surface area contributed by atoms with Crippen molar-refractivity contribution in [2.24, 2.45) is 0 Å². The molecule has 0 atom stereocenters. The molecule has 0 unspecified atom stereocenters. The smallest absolute Gasteiger partial charge is 0.238 e. The van der Waals surface area contributed by atoms with Crippen LogP contribution in [0.2, 0.25) is 0 Å². The van der Waals surface area contributed by atoms with Crippen LogP contribution in [0.3, 0.4) is 0 Å².